The molecule has 3 aliphatic rings. The van der Waals surface area contributed by atoms with E-state index in [1.54, 1.807) is 31.4 Å². The molecule has 7 amide bonds. The molecular weight excluding hydrogens is 1190 g/mol. The number of hydrogen-bond acceptors (Lipinski definition) is 16. The maximum absolute atomic E-state index is 14.4. The van der Waals surface area contributed by atoms with E-state index in [4.69, 9.17) is 32.4 Å². The van der Waals surface area contributed by atoms with Crippen molar-refractivity contribution >= 4 is 109 Å². The van der Waals surface area contributed by atoms with Crippen LogP contribution >= 0.6 is 12.2 Å². The Morgan fingerprint density at radius 1 is 0.831 bits per heavy atom. The molecular formula is C61H65N12O14S2-. The van der Waals surface area contributed by atoms with Crippen molar-refractivity contribution in [2.24, 2.45) is 11.7 Å². The highest BCUT2D eigenvalue weighted by molar-refractivity contribution is 7.92. The molecule has 2 aromatic heterocycles. The van der Waals surface area contributed by atoms with Crippen LogP contribution in [0.1, 0.15) is 94.5 Å². The lowest BCUT2D eigenvalue weighted by molar-refractivity contribution is -0.306. The van der Waals surface area contributed by atoms with Crippen molar-refractivity contribution in [3.8, 4) is 11.4 Å². The molecule has 6 aromatic rings. The highest BCUT2D eigenvalue weighted by Crippen LogP contribution is 2.41. The van der Waals surface area contributed by atoms with Crippen molar-refractivity contribution in [3.63, 3.8) is 0 Å². The van der Waals surface area contributed by atoms with Crippen LogP contribution in [-0.4, -0.2) is 107 Å². The van der Waals surface area contributed by atoms with Gasteiger partial charge in [-0.2, -0.15) is 0 Å². The van der Waals surface area contributed by atoms with Gasteiger partial charge in [0.05, 0.1) is 46.4 Å². The number of sulfonamides is 1. The van der Waals surface area contributed by atoms with Gasteiger partial charge in [-0.15, -0.1) is 0 Å². The van der Waals surface area contributed by atoms with Crippen LogP contribution in [0.4, 0.5) is 32.3 Å². The molecule has 0 bridgehead atoms. The molecule has 5 heterocycles. The molecule has 4 aromatic carbocycles. The van der Waals surface area contributed by atoms with Gasteiger partial charge in [0.1, 0.15) is 24.7 Å². The number of cyclic esters (lactones) is 1. The molecule has 9 rings (SSSR count). The number of likely N-dealkylation sites (tertiary alicyclic amines) is 1. The predicted molar refractivity (Wildman–Crippen MR) is 329 cm³/mol. The molecule has 1 saturated heterocycles. The third kappa shape index (κ3) is 14.4. The standard InChI is InChI=1S/C61H66N12O14S2/c1-5-23-63-58(82)65-39-14-10-16-41(27-39)89(84,85)71-40-15-9-13-35(26-40)45(30-50(75)76)68-59(83)64-37-19-21-38(22-20-37)66-60(88)69-46(29-49(62)74)55(79)72-24-11-18-47(72)53(77)70-51(33(3)4)56(80)87-61(6-2)43-28-48-52-36(25-34-12-7-8-17-44(34)67-52)31-73(48)54(78)42(43)32-86-57(61)81/h7-10,12-17,19-22,25-28,33,45-47,51,71H,5-6,11,18,23-24,29-32H2,1-4H3,(H2,62,74)(H,70,77)(H,75,76)(H2,63,65,82)(H2,64,68,83)(H2,66,69,88)/p-1/t45?,46-,47-,51-,61-/m0/s1. The average Bonchev–Trinajstić information content (AvgIpc) is 1.81. The average molecular weight is 1250 g/mol. The van der Waals surface area contributed by atoms with Crippen molar-refractivity contribution in [1.82, 2.24) is 35.7 Å². The summed E-state index contributed by atoms with van der Waals surface area (Å²) in [5.41, 5.74) is 6.95. The maximum Gasteiger partial charge on any atom is 0.355 e. The third-order valence-corrected chi connectivity index (χ3v) is 16.9. The lowest BCUT2D eigenvalue weighted by Crippen LogP contribution is -2.58. The smallest absolute Gasteiger partial charge is 0.355 e. The molecule has 89 heavy (non-hydrogen) atoms. The number of anilines is 4. The van der Waals surface area contributed by atoms with Crippen molar-refractivity contribution in [2.45, 2.75) is 114 Å². The third-order valence-electron chi connectivity index (χ3n) is 15.3. The van der Waals surface area contributed by atoms with Crippen LogP contribution in [-0.2, 0) is 67.0 Å². The van der Waals surface area contributed by atoms with Gasteiger partial charge in [-0.05, 0) is 122 Å². The summed E-state index contributed by atoms with van der Waals surface area (Å²) < 4.78 is 42.5. The number of amides is 7. The number of primary amides is 1. The Labute approximate surface area is 516 Å². The molecule has 0 spiro atoms. The number of rotatable bonds is 22. The Balaban J connectivity index is 0.813. The highest BCUT2D eigenvalue weighted by Gasteiger charge is 2.52. The summed E-state index contributed by atoms with van der Waals surface area (Å²) in [6.07, 6.45) is -0.124. The molecule has 1 unspecified atom stereocenters. The number of fused-ring (bicyclic) bond motifs is 5. The Morgan fingerprint density at radius 3 is 2.25 bits per heavy atom. The summed E-state index contributed by atoms with van der Waals surface area (Å²) >= 11 is 5.55. The van der Waals surface area contributed by atoms with Crippen LogP contribution in [0.3, 0.4) is 0 Å². The second kappa shape index (κ2) is 27.0. The largest absolute Gasteiger partial charge is 0.550 e. The van der Waals surface area contributed by atoms with E-state index < -0.39 is 112 Å². The maximum atomic E-state index is 14.4. The zero-order chi connectivity index (χ0) is 63.9. The Kier molecular flexibility index (Phi) is 19.3. The van der Waals surface area contributed by atoms with E-state index in [0.717, 1.165) is 10.9 Å². The van der Waals surface area contributed by atoms with Gasteiger partial charge < -0.3 is 71.8 Å². The van der Waals surface area contributed by atoms with Crippen molar-refractivity contribution in [1.29, 1.82) is 0 Å². The number of aromatic nitrogens is 2. The fourth-order valence-corrected chi connectivity index (χ4v) is 12.2. The van der Waals surface area contributed by atoms with Gasteiger partial charge in [0.15, 0.2) is 5.11 Å². The van der Waals surface area contributed by atoms with E-state index in [2.05, 4.69) is 41.9 Å². The van der Waals surface area contributed by atoms with E-state index in [9.17, 15) is 56.7 Å². The fraction of sp³-hybridized carbons (Fsp3) is 0.328. The first-order valence-corrected chi connectivity index (χ1v) is 30.5. The van der Waals surface area contributed by atoms with E-state index >= 15 is 0 Å². The van der Waals surface area contributed by atoms with Gasteiger partial charge in [-0.25, -0.2) is 32.6 Å². The number of benzene rings is 4. The SMILES string of the molecule is CCCNC(=O)Nc1cccc(S(=O)(=O)Nc2cccc(C(CC(=O)[O-])NC(=O)Nc3ccc(NC(=S)N[C@@H](CC(N)=O)C(=O)N4CCC[C@H]4C(=O)N[C@H](C(=O)O[C@]4(CC)C(=O)OCc5c4cc4n(c5=O)Cc5cc6ccccc6nc5-4)C(C)C)cc3)c2)c1. The first-order chi connectivity index (χ1) is 42.5. The number of carbonyl (C=O) groups excluding carboxylic acids is 8. The number of hydrogen-bond donors (Lipinski definition) is 9. The predicted octanol–water partition coefficient (Wildman–Crippen LogP) is 4.33. The Hall–Kier alpha value is -9.96. The van der Waals surface area contributed by atoms with Gasteiger partial charge in [-0.1, -0.05) is 64.1 Å². The molecule has 26 nitrogen and oxygen atoms in total. The first kappa shape index (κ1) is 63.5. The number of pyridine rings is 2. The molecule has 0 saturated carbocycles. The summed E-state index contributed by atoms with van der Waals surface area (Å²) in [6.45, 7) is 7.19. The number of nitrogens with one attached hydrogen (secondary N) is 8. The van der Waals surface area contributed by atoms with E-state index in [-0.39, 0.29) is 76.3 Å². The molecule has 3 aliphatic heterocycles. The first-order valence-electron chi connectivity index (χ1n) is 28.7. The number of thiocarbonyl (C=S) groups is 1. The number of carbonyl (C=O) groups is 8. The molecule has 5 atom stereocenters. The minimum atomic E-state index is -4.23. The van der Waals surface area contributed by atoms with E-state index in [1.807, 2.05) is 37.3 Å². The number of para-hydroxylation sites is 1. The molecule has 0 radical (unpaired) electrons. The minimum absolute atomic E-state index is 0.0427. The summed E-state index contributed by atoms with van der Waals surface area (Å²) in [4.78, 5) is 127. The van der Waals surface area contributed by atoms with Gasteiger partial charge in [-0.3, -0.25) is 23.9 Å². The summed E-state index contributed by atoms with van der Waals surface area (Å²) in [5.74, 6) is -6.31. The van der Waals surface area contributed by atoms with Crippen molar-refractivity contribution < 1.29 is 61.4 Å². The minimum Gasteiger partial charge on any atom is -0.550 e. The van der Waals surface area contributed by atoms with Crippen molar-refractivity contribution in [2.75, 3.05) is 33.8 Å². The number of carboxylic acids is 1. The van der Waals surface area contributed by atoms with Crippen LogP contribution in [0.2, 0.25) is 0 Å². The number of ether oxygens (including phenoxy) is 2. The molecule has 466 valence electrons. The summed E-state index contributed by atoms with van der Waals surface area (Å²) in [5, 5.41) is 31.5. The van der Waals surface area contributed by atoms with Crippen LogP contribution in [0.25, 0.3) is 22.3 Å². The molecule has 1 fully saturated rings. The van der Waals surface area contributed by atoms with Crippen LogP contribution in [0.5, 0.6) is 0 Å². The van der Waals surface area contributed by atoms with Gasteiger partial charge in [0, 0.05) is 64.7 Å². The fourth-order valence-electron chi connectivity index (χ4n) is 10.9. The number of aliphatic carboxylic acids is 1. The number of nitrogens with zero attached hydrogens (tertiary/aromatic N) is 3. The number of carboxylic acid groups (broad SMARTS) is 1. The highest BCUT2D eigenvalue weighted by atomic mass is 32.2. The van der Waals surface area contributed by atoms with Crippen LogP contribution in [0, 0.1) is 5.92 Å². The Morgan fingerprint density at radius 2 is 1.54 bits per heavy atom. The molecule has 10 N–H and O–H groups in total. The van der Waals surface area contributed by atoms with E-state index in [0.29, 0.717) is 42.0 Å². The number of esters is 2. The van der Waals surface area contributed by atoms with Crippen molar-refractivity contribution in [3.05, 3.63) is 142 Å². The molecule has 0 aliphatic carbocycles. The van der Waals surface area contributed by atoms with Gasteiger partial charge in [0.25, 0.3) is 15.6 Å². The normalized spacial score (nSPS) is 16.7. The quantitative estimate of drug-likeness (QED) is 0.0337. The molecule has 28 heteroatoms. The topological polar surface area (TPSA) is 373 Å². The van der Waals surface area contributed by atoms with Gasteiger partial charge in [0.2, 0.25) is 23.3 Å². The zero-order valence-corrected chi connectivity index (χ0v) is 50.4. The second-order valence-electron chi connectivity index (χ2n) is 21.9. The Bertz CT molecular complexity index is 3990. The summed E-state index contributed by atoms with van der Waals surface area (Å²) in [6, 6.07) is 22.0. The van der Waals surface area contributed by atoms with Crippen LogP contribution in [0.15, 0.2) is 119 Å². The summed E-state index contributed by atoms with van der Waals surface area (Å²) in [7, 11) is -4.23. The number of nitrogens with two attached hydrogens (primary N) is 1. The lowest BCUT2D eigenvalue weighted by atomic mass is 9.85. The van der Waals surface area contributed by atoms with E-state index in [1.165, 1.54) is 77.7 Å². The monoisotopic (exact) mass is 1250 g/mol. The number of urea groups is 2. The zero-order valence-electron chi connectivity index (χ0n) is 48.8. The second-order valence-corrected chi connectivity index (χ2v) is 24.0. The van der Waals surface area contributed by atoms with Gasteiger partial charge >= 0.3 is 24.0 Å². The van der Waals surface area contributed by atoms with Crippen LogP contribution < -0.4 is 58.3 Å². The lowest BCUT2D eigenvalue weighted by Gasteiger charge is -2.37.